The van der Waals surface area contributed by atoms with Gasteiger partial charge in [0.1, 0.15) is 0 Å². The highest BCUT2D eigenvalue weighted by molar-refractivity contribution is 5.81. The second kappa shape index (κ2) is 8.56. The Morgan fingerprint density at radius 2 is 2.43 bits per heavy atom. The van der Waals surface area contributed by atoms with Crippen LogP contribution in [0.4, 0.5) is 0 Å². The van der Waals surface area contributed by atoms with Crippen LogP contribution in [0.1, 0.15) is 26.2 Å². The zero-order valence-corrected chi connectivity index (χ0v) is 8.79. The van der Waals surface area contributed by atoms with Crippen LogP contribution in [0, 0.1) is 0 Å². The van der Waals surface area contributed by atoms with Crippen molar-refractivity contribution in [2.75, 3.05) is 13.2 Å². The average molecular weight is 200 g/mol. The molecular formula is C10H20N2O2. The van der Waals surface area contributed by atoms with Gasteiger partial charge in [-0.05, 0) is 12.8 Å². The van der Waals surface area contributed by atoms with Crippen LogP contribution in [0.2, 0.25) is 0 Å². The van der Waals surface area contributed by atoms with Crippen molar-refractivity contribution in [3.63, 3.8) is 0 Å². The first kappa shape index (κ1) is 13.0. The number of nitrogens with two attached hydrogens (primary N) is 1. The van der Waals surface area contributed by atoms with Gasteiger partial charge in [-0.2, -0.15) is 0 Å². The van der Waals surface area contributed by atoms with Crippen molar-refractivity contribution >= 4 is 5.91 Å². The lowest BCUT2D eigenvalue weighted by Crippen LogP contribution is -2.40. The van der Waals surface area contributed by atoms with E-state index in [1.54, 1.807) is 0 Å². The molecule has 0 spiro atoms. The average Bonchev–Trinajstić information content (AvgIpc) is 2.17. The molecule has 0 aromatic rings. The lowest BCUT2D eigenvalue weighted by atomic mass is 10.2. The largest absolute Gasteiger partial charge is 0.502 e. The van der Waals surface area contributed by atoms with Gasteiger partial charge in [0.2, 0.25) is 5.91 Å². The normalized spacial score (nSPS) is 11.9. The zero-order chi connectivity index (χ0) is 10.8. The molecule has 0 heterocycles. The van der Waals surface area contributed by atoms with Gasteiger partial charge < -0.3 is 15.8 Å². The summed E-state index contributed by atoms with van der Waals surface area (Å²) < 4.78 is 4.90. The summed E-state index contributed by atoms with van der Waals surface area (Å²) in [6, 6.07) is -0.375. The Labute approximate surface area is 85.5 Å². The number of hydrogen-bond donors (Lipinski definition) is 2. The highest BCUT2D eigenvalue weighted by Gasteiger charge is 2.10. The number of hydrogen-bond acceptors (Lipinski definition) is 3. The molecule has 0 bridgehead atoms. The number of nitrogens with one attached hydrogen (secondary N) is 1. The van der Waals surface area contributed by atoms with Crippen LogP contribution in [-0.4, -0.2) is 25.1 Å². The lowest BCUT2D eigenvalue weighted by molar-refractivity contribution is -0.122. The molecule has 0 aliphatic heterocycles. The van der Waals surface area contributed by atoms with Crippen molar-refractivity contribution in [3.8, 4) is 0 Å². The Morgan fingerprint density at radius 1 is 1.71 bits per heavy atom. The predicted octanol–water partition coefficient (Wildman–Crippen LogP) is 0.780. The van der Waals surface area contributed by atoms with Gasteiger partial charge in [0, 0.05) is 6.54 Å². The van der Waals surface area contributed by atoms with Crippen molar-refractivity contribution < 1.29 is 9.53 Å². The van der Waals surface area contributed by atoms with Crippen molar-refractivity contribution in [1.82, 2.24) is 5.32 Å². The van der Waals surface area contributed by atoms with E-state index in [0.29, 0.717) is 13.2 Å². The van der Waals surface area contributed by atoms with E-state index in [4.69, 9.17) is 10.5 Å². The van der Waals surface area contributed by atoms with Gasteiger partial charge in [0.25, 0.3) is 0 Å². The molecule has 1 amide bonds. The molecule has 4 heteroatoms. The summed E-state index contributed by atoms with van der Waals surface area (Å²) in [5.74, 6) is -0.0783. The van der Waals surface area contributed by atoms with Crippen LogP contribution in [0.15, 0.2) is 12.8 Å². The molecule has 3 N–H and O–H groups in total. The van der Waals surface area contributed by atoms with Crippen molar-refractivity contribution in [1.29, 1.82) is 0 Å². The maximum atomic E-state index is 11.3. The van der Waals surface area contributed by atoms with Gasteiger partial charge in [-0.25, -0.2) is 0 Å². The van der Waals surface area contributed by atoms with Crippen LogP contribution >= 0.6 is 0 Å². The highest BCUT2D eigenvalue weighted by Crippen LogP contribution is 1.92. The van der Waals surface area contributed by atoms with Gasteiger partial charge in [-0.1, -0.05) is 19.9 Å². The first-order valence-corrected chi connectivity index (χ1v) is 4.98. The van der Waals surface area contributed by atoms with E-state index in [2.05, 4.69) is 11.9 Å². The van der Waals surface area contributed by atoms with E-state index < -0.39 is 0 Å². The monoisotopic (exact) mass is 200 g/mol. The summed E-state index contributed by atoms with van der Waals surface area (Å²) >= 11 is 0. The molecule has 4 nitrogen and oxygen atoms in total. The van der Waals surface area contributed by atoms with E-state index in [1.165, 1.54) is 6.26 Å². The molecule has 0 unspecified atom stereocenters. The third kappa shape index (κ3) is 6.48. The summed E-state index contributed by atoms with van der Waals surface area (Å²) in [4.78, 5) is 11.3. The summed E-state index contributed by atoms with van der Waals surface area (Å²) in [6.07, 6.45) is 3.82. The fourth-order valence-electron chi connectivity index (χ4n) is 1.02. The number of carbonyl (C=O) groups is 1. The molecule has 14 heavy (non-hydrogen) atoms. The Bertz CT molecular complexity index is 172. The minimum absolute atomic E-state index is 0.0783. The first-order chi connectivity index (χ1) is 6.72. The summed E-state index contributed by atoms with van der Waals surface area (Å²) in [6.45, 7) is 6.60. The second-order valence-electron chi connectivity index (χ2n) is 3.08. The maximum absolute atomic E-state index is 11.3. The maximum Gasteiger partial charge on any atom is 0.236 e. The van der Waals surface area contributed by atoms with E-state index in [1.807, 2.05) is 6.92 Å². The minimum atomic E-state index is -0.375. The first-order valence-electron chi connectivity index (χ1n) is 4.98. The van der Waals surface area contributed by atoms with Crippen LogP contribution in [-0.2, 0) is 9.53 Å². The molecule has 0 saturated carbocycles. The molecule has 1 atom stereocenters. The quantitative estimate of drug-likeness (QED) is 0.449. The SMILES string of the molecule is C=COCCCNC(=O)[C@H](N)CCC. The van der Waals surface area contributed by atoms with Crippen molar-refractivity contribution in [2.24, 2.45) is 5.73 Å². The zero-order valence-electron chi connectivity index (χ0n) is 8.79. The standard InChI is InChI=1S/C10H20N2O2/c1-3-6-9(11)10(13)12-7-5-8-14-4-2/h4,9H,2-3,5-8,11H2,1H3,(H,12,13)/t9-/m1/s1. The predicted molar refractivity (Wildman–Crippen MR) is 56.7 cm³/mol. The molecule has 0 aliphatic rings. The van der Waals surface area contributed by atoms with E-state index in [9.17, 15) is 4.79 Å². The third-order valence-corrected chi connectivity index (χ3v) is 1.79. The Hall–Kier alpha value is -1.03. The topological polar surface area (TPSA) is 64.3 Å². The second-order valence-corrected chi connectivity index (χ2v) is 3.08. The van der Waals surface area contributed by atoms with E-state index >= 15 is 0 Å². The Kier molecular flexibility index (Phi) is 7.93. The number of carbonyl (C=O) groups excluding carboxylic acids is 1. The van der Waals surface area contributed by atoms with Crippen LogP contribution in [0.25, 0.3) is 0 Å². The molecular weight excluding hydrogens is 180 g/mol. The van der Waals surface area contributed by atoms with Crippen LogP contribution in [0.5, 0.6) is 0 Å². The highest BCUT2D eigenvalue weighted by atomic mass is 16.5. The third-order valence-electron chi connectivity index (χ3n) is 1.79. The molecule has 0 aromatic carbocycles. The van der Waals surface area contributed by atoms with Gasteiger partial charge in [-0.3, -0.25) is 4.79 Å². The van der Waals surface area contributed by atoms with Crippen molar-refractivity contribution in [2.45, 2.75) is 32.2 Å². The lowest BCUT2D eigenvalue weighted by Gasteiger charge is -2.10. The molecule has 0 rings (SSSR count). The van der Waals surface area contributed by atoms with Gasteiger partial charge in [0.05, 0.1) is 18.9 Å². The van der Waals surface area contributed by atoms with E-state index in [-0.39, 0.29) is 11.9 Å². The summed E-state index contributed by atoms with van der Waals surface area (Å²) in [5.41, 5.74) is 5.61. The van der Waals surface area contributed by atoms with Gasteiger partial charge in [0.15, 0.2) is 0 Å². The van der Waals surface area contributed by atoms with Crippen molar-refractivity contribution in [3.05, 3.63) is 12.8 Å². The number of rotatable bonds is 8. The van der Waals surface area contributed by atoms with E-state index in [0.717, 1.165) is 19.3 Å². The molecule has 0 aromatic heterocycles. The minimum Gasteiger partial charge on any atom is -0.502 e. The summed E-state index contributed by atoms with van der Waals surface area (Å²) in [7, 11) is 0. The molecule has 82 valence electrons. The number of ether oxygens (including phenoxy) is 1. The molecule has 0 radical (unpaired) electrons. The fraction of sp³-hybridized carbons (Fsp3) is 0.700. The van der Waals surface area contributed by atoms with Crippen LogP contribution < -0.4 is 11.1 Å². The number of amides is 1. The molecule has 0 fully saturated rings. The molecule has 0 saturated heterocycles. The van der Waals surface area contributed by atoms with Gasteiger partial charge >= 0.3 is 0 Å². The Morgan fingerprint density at radius 3 is 3.00 bits per heavy atom. The fourth-order valence-corrected chi connectivity index (χ4v) is 1.02. The molecule has 0 aliphatic carbocycles. The van der Waals surface area contributed by atoms with Gasteiger partial charge in [-0.15, -0.1) is 0 Å². The summed E-state index contributed by atoms with van der Waals surface area (Å²) in [5, 5.41) is 2.75. The van der Waals surface area contributed by atoms with Crippen LogP contribution in [0.3, 0.4) is 0 Å². The Balaban J connectivity index is 3.38. The smallest absolute Gasteiger partial charge is 0.236 e.